The maximum Gasteiger partial charge on any atom is 0.366 e. The van der Waals surface area contributed by atoms with Crippen LogP contribution < -0.4 is 36.6 Å². The summed E-state index contributed by atoms with van der Waals surface area (Å²) in [6.07, 6.45) is 7.57. The van der Waals surface area contributed by atoms with E-state index < -0.39 is 0 Å². The zero-order valence-corrected chi connectivity index (χ0v) is 26.2. The van der Waals surface area contributed by atoms with Gasteiger partial charge in [0.15, 0.2) is 11.6 Å². The molecule has 0 aliphatic carbocycles. The molecule has 0 unspecified atom stereocenters. The Balaban J connectivity index is 1.14. The summed E-state index contributed by atoms with van der Waals surface area (Å²) in [5.41, 5.74) is 11.5. The van der Waals surface area contributed by atoms with E-state index in [9.17, 15) is 0 Å². The highest BCUT2D eigenvalue weighted by atomic mass is 16.5. The third-order valence-corrected chi connectivity index (χ3v) is 9.35. The molecule has 2 aromatic carbocycles. The molecule has 0 atom stereocenters. The maximum absolute atomic E-state index is 6.34. The molecular formula is C34H32B2N8O. The molecule has 6 aromatic rings. The fraction of sp³-hybridized carbons (Fsp3) is 0.176. The van der Waals surface area contributed by atoms with Crippen LogP contribution in [0.25, 0.3) is 11.6 Å². The molecule has 0 spiro atoms. The number of nitrogens with zero attached hydrogens (tertiary/aromatic N) is 8. The number of hydrogen-bond acceptors (Lipinski definition) is 7. The van der Waals surface area contributed by atoms with Crippen molar-refractivity contribution in [2.24, 2.45) is 0 Å². The number of aromatic nitrogens is 6. The van der Waals surface area contributed by atoms with Gasteiger partial charge in [-0.05, 0) is 64.8 Å². The average Bonchev–Trinajstić information content (AvgIpc) is 3.71. The minimum atomic E-state index is -0.0294. The third kappa shape index (κ3) is 4.10. The minimum Gasteiger partial charge on any atom is -0.421 e. The largest absolute Gasteiger partial charge is 0.421 e. The third-order valence-electron chi connectivity index (χ3n) is 9.35. The van der Waals surface area contributed by atoms with Crippen molar-refractivity contribution < 1.29 is 4.74 Å². The topological polar surface area (TPSA) is 77.1 Å². The van der Waals surface area contributed by atoms with E-state index in [4.69, 9.17) is 19.7 Å². The van der Waals surface area contributed by atoms with E-state index in [1.165, 1.54) is 33.2 Å². The van der Waals surface area contributed by atoms with E-state index in [2.05, 4.69) is 114 Å². The van der Waals surface area contributed by atoms with Crippen molar-refractivity contribution >= 4 is 47.3 Å². The van der Waals surface area contributed by atoms with Gasteiger partial charge in [0.25, 0.3) is 0 Å². The molecule has 0 N–H and O–H groups in total. The predicted octanol–water partition coefficient (Wildman–Crippen LogP) is 2.98. The van der Waals surface area contributed by atoms with Crippen LogP contribution in [0.3, 0.4) is 0 Å². The normalized spacial score (nSPS) is 13.4. The summed E-state index contributed by atoms with van der Waals surface area (Å²) < 4.78 is 10.5. The molecule has 2 aliphatic rings. The van der Waals surface area contributed by atoms with E-state index in [-0.39, 0.29) is 13.7 Å². The van der Waals surface area contributed by atoms with Crippen LogP contribution in [-0.4, -0.2) is 56.9 Å². The summed E-state index contributed by atoms with van der Waals surface area (Å²) in [6, 6.07) is 20.8. The number of rotatable bonds is 4. The number of anilines is 2. The molecule has 220 valence electrons. The first kappa shape index (κ1) is 27.3. The lowest BCUT2D eigenvalue weighted by Crippen LogP contribution is -2.62. The summed E-state index contributed by atoms with van der Waals surface area (Å²) >= 11 is 0. The van der Waals surface area contributed by atoms with Gasteiger partial charge >= 0.3 is 13.7 Å². The van der Waals surface area contributed by atoms with Gasteiger partial charge in [0, 0.05) is 36.3 Å². The van der Waals surface area contributed by atoms with E-state index in [0.717, 1.165) is 34.3 Å². The van der Waals surface area contributed by atoms with Crippen molar-refractivity contribution in [3.05, 3.63) is 108 Å². The molecule has 0 fully saturated rings. The fourth-order valence-electron chi connectivity index (χ4n) is 7.19. The Kier molecular flexibility index (Phi) is 6.13. The predicted molar refractivity (Wildman–Crippen MR) is 181 cm³/mol. The second-order valence-electron chi connectivity index (χ2n) is 12.1. The zero-order chi connectivity index (χ0) is 31.0. The first-order valence-electron chi connectivity index (χ1n) is 15.2. The number of aryl methyl sites for hydroxylation is 4. The van der Waals surface area contributed by atoms with Gasteiger partial charge in [0.1, 0.15) is 5.72 Å². The minimum absolute atomic E-state index is 0.0192. The Labute approximate surface area is 263 Å². The monoisotopic (exact) mass is 590 g/mol. The van der Waals surface area contributed by atoms with Gasteiger partial charge in [-0.15, -0.1) is 0 Å². The molecule has 8 rings (SSSR count). The van der Waals surface area contributed by atoms with Crippen LogP contribution in [-0.2, 0) is 0 Å². The Morgan fingerprint density at radius 3 is 1.78 bits per heavy atom. The smallest absolute Gasteiger partial charge is 0.366 e. The van der Waals surface area contributed by atoms with Crippen molar-refractivity contribution in [2.75, 3.05) is 23.7 Å². The van der Waals surface area contributed by atoms with Gasteiger partial charge in [-0.2, -0.15) is 9.97 Å². The van der Waals surface area contributed by atoms with Crippen LogP contribution in [0.1, 0.15) is 22.3 Å². The van der Waals surface area contributed by atoms with Crippen molar-refractivity contribution in [3.8, 4) is 23.4 Å². The van der Waals surface area contributed by atoms with Gasteiger partial charge in [-0.25, -0.2) is 9.97 Å². The fourth-order valence-corrected chi connectivity index (χ4v) is 7.19. The molecule has 0 amide bonds. The Bertz CT molecular complexity index is 1930. The lowest BCUT2D eigenvalue weighted by Gasteiger charge is -2.35. The number of imidazole rings is 2. The van der Waals surface area contributed by atoms with Gasteiger partial charge in [0.05, 0.1) is 17.7 Å². The van der Waals surface area contributed by atoms with Crippen molar-refractivity contribution in [3.63, 3.8) is 0 Å². The van der Waals surface area contributed by atoms with Crippen molar-refractivity contribution in [1.29, 1.82) is 0 Å². The second kappa shape index (κ2) is 10.1. The lowest BCUT2D eigenvalue weighted by atomic mass is 9.48. The number of benzene rings is 2. The molecular weight excluding hydrogens is 558 g/mol. The summed E-state index contributed by atoms with van der Waals surface area (Å²) in [5.74, 6) is 2.47. The summed E-state index contributed by atoms with van der Waals surface area (Å²) in [6.45, 7) is 8.65. The molecule has 6 heterocycles. The highest BCUT2D eigenvalue weighted by Crippen LogP contribution is 2.33. The van der Waals surface area contributed by atoms with Crippen molar-refractivity contribution in [1.82, 2.24) is 29.1 Å². The molecule has 0 radical (unpaired) electrons. The Morgan fingerprint density at radius 1 is 0.644 bits per heavy atom. The Morgan fingerprint density at radius 2 is 1.18 bits per heavy atom. The van der Waals surface area contributed by atoms with Crippen LogP contribution in [0.4, 0.5) is 11.4 Å². The Hall–Kier alpha value is -5.31. The average molecular weight is 590 g/mol. The van der Waals surface area contributed by atoms with Gasteiger partial charge < -0.3 is 14.4 Å². The first-order valence-corrected chi connectivity index (χ1v) is 15.2. The highest BCUT2D eigenvalue weighted by Gasteiger charge is 2.39. The number of hydrogen-bond donors (Lipinski definition) is 0. The number of fused-ring (bicyclic) bond motifs is 6. The van der Waals surface area contributed by atoms with Crippen LogP contribution in [0.5, 0.6) is 11.8 Å². The van der Waals surface area contributed by atoms with E-state index in [1.807, 2.05) is 37.1 Å². The summed E-state index contributed by atoms with van der Waals surface area (Å²) in [5, 5.41) is 0. The molecule has 0 bridgehead atoms. The molecule has 11 heteroatoms. The van der Waals surface area contributed by atoms with E-state index >= 15 is 0 Å². The van der Waals surface area contributed by atoms with Crippen LogP contribution in [0.2, 0.25) is 0 Å². The lowest BCUT2D eigenvalue weighted by molar-refractivity contribution is 0.443. The second-order valence-corrected chi connectivity index (χ2v) is 12.1. The quantitative estimate of drug-likeness (QED) is 0.293. The van der Waals surface area contributed by atoms with Gasteiger partial charge in [-0.1, -0.05) is 58.7 Å². The molecule has 9 nitrogen and oxygen atoms in total. The first-order chi connectivity index (χ1) is 21.8. The van der Waals surface area contributed by atoms with E-state index in [0.29, 0.717) is 11.8 Å². The van der Waals surface area contributed by atoms with Crippen LogP contribution in [0, 0.1) is 27.7 Å². The van der Waals surface area contributed by atoms with Crippen LogP contribution in [0.15, 0.2) is 85.6 Å². The maximum atomic E-state index is 6.34. The number of pyridine rings is 2. The van der Waals surface area contributed by atoms with E-state index in [1.54, 1.807) is 0 Å². The summed E-state index contributed by atoms with van der Waals surface area (Å²) in [4.78, 5) is 23.8. The van der Waals surface area contributed by atoms with Crippen LogP contribution >= 0.6 is 0 Å². The molecule has 0 saturated carbocycles. The highest BCUT2D eigenvalue weighted by molar-refractivity contribution is 6.89. The van der Waals surface area contributed by atoms with Gasteiger partial charge in [0.2, 0.25) is 11.8 Å². The summed E-state index contributed by atoms with van der Waals surface area (Å²) in [7, 11) is 4.22. The molecule has 0 saturated heterocycles. The van der Waals surface area contributed by atoms with Crippen molar-refractivity contribution in [2.45, 2.75) is 27.7 Å². The molecule has 4 aromatic heterocycles. The zero-order valence-electron chi connectivity index (χ0n) is 26.2. The number of ether oxygens (including phenoxy) is 1. The van der Waals surface area contributed by atoms with Gasteiger partial charge in [-0.3, -0.25) is 9.13 Å². The molecule has 2 aliphatic heterocycles. The molecule has 45 heavy (non-hydrogen) atoms. The SMILES string of the molecule is Cc1cccc(C)c1B1c2cncn2-c2nc(Oc3ccc4c(n3)-n3ccnc3B(c3c(C)cccc3C)N4C)ccc2N1C. The standard InChI is InChI=1S/C34H32B2N8O/c1-21-9-7-10-22(2)30(21)35-27-19-37-20-44(27)33-26(41(35)5)14-16-29(40-33)45-28-15-13-25-32(39-28)43-18-17-38-34(43)36(42(25)6)31-23(3)11-8-12-24(31)4/h7-20H,1-6H3.